The number of amides is 4. The van der Waals surface area contributed by atoms with E-state index in [1.165, 1.54) is 0 Å². The number of carbonyl (C=O) groups is 3. The number of urea groups is 2. The number of ether oxygens (including phenoxy) is 1. The van der Waals surface area contributed by atoms with Crippen LogP contribution in [0.3, 0.4) is 0 Å². The van der Waals surface area contributed by atoms with Crippen molar-refractivity contribution < 1.29 is 46.9 Å². The summed E-state index contributed by atoms with van der Waals surface area (Å²) >= 11 is 0. The lowest BCUT2D eigenvalue weighted by atomic mass is 10.2. The third-order valence-electron chi connectivity index (χ3n) is 4.54. The molecule has 0 fully saturated rings. The fraction of sp³-hybridized carbons (Fsp3) is 0.375. The first-order valence-corrected chi connectivity index (χ1v) is 11.6. The molecule has 0 aliphatic rings. The number of hydrogen-bond acceptors (Lipinski definition) is 6. The van der Waals surface area contributed by atoms with Crippen LogP contribution in [-0.2, 0) is 9.53 Å². The molecule has 0 heterocycles. The highest BCUT2D eigenvalue weighted by Gasteiger charge is 2.14. The molecule has 4 amide bonds. The molecule has 210 valence electrons. The molecule has 2 aromatic carbocycles. The van der Waals surface area contributed by atoms with Crippen LogP contribution in [0, 0.1) is 23.3 Å². The molecule has 0 spiro atoms. The number of unbranched alkanes of at least 4 members (excludes halogenated alkanes) is 2. The standard InChI is InChI=1S/C12H14F2N2O4.C12H16F2N2O2/c1-2-20-10(17)3-4-15-12(19)16-9-6-7(13)5-8(14)11(9)18;1-2-3-4-5-15-12(18)16-10-7-8(13)6-9(14)11(10)17/h5-6,18H,2-4H2,1H3,(H2,15,16,19);6-7,17H,2-5H2,1H3,(H2,15,16,18). The van der Waals surface area contributed by atoms with Gasteiger partial charge in [-0.1, -0.05) is 19.8 Å². The highest BCUT2D eigenvalue weighted by atomic mass is 19.1. The number of nitrogens with one attached hydrogen (secondary N) is 4. The molecule has 0 radical (unpaired) electrons. The monoisotopic (exact) mass is 546 g/mol. The van der Waals surface area contributed by atoms with Crippen molar-refractivity contribution in [2.24, 2.45) is 0 Å². The van der Waals surface area contributed by atoms with Crippen LogP contribution in [0.1, 0.15) is 39.5 Å². The smallest absolute Gasteiger partial charge is 0.319 e. The van der Waals surface area contributed by atoms with Gasteiger partial charge in [-0.15, -0.1) is 0 Å². The van der Waals surface area contributed by atoms with Crippen LogP contribution in [0.5, 0.6) is 11.5 Å². The van der Waals surface area contributed by atoms with Crippen molar-refractivity contribution in [3.63, 3.8) is 0 Å². The number of anilines is 2. The van der Waals surface area contributed by atoms with Crippen molar-refractivity contribution >= 4 is 29.4 Å². The van der Waals surface area contributed by atoms with Gasteiger partial charge in [0, 0.05) is 37.4 Å². The summed E-state index contributed by atoms with van der Waals surface area (Å²) in [6.07, 6.45) is 2.80. The Balaban J connectivity index is 0.000000382. The second-order valence-corrected chi connectivity index (χ2v) is 7.59. The van der Waals surface area contributed by atoms with E-state index in [0.717, 1.165) is 31.4 Å². The van der Waals surface area contributed by atoms with Gasteiger partial charge in [0.15, 0.2) is 23.1 Å². The Labute approximate surface area is 216 Å². The van der Waals surface area contributed by atoms with Gasteiger partial charge in [-0.3, -0.25) is 4.79 Å². The summed E-state index contributed by atoms with van der Waals surface area (Å²) in [6.45, 7) is 4.38. The zero-order valence-corrected chi connectivity index (χ0v) is 20.8. The zero-order chi connectivity index (χ0) is 28.7. The van der Waals surface area contributed by atoms with Crippen LogP contribution in [0.25, 0.3) is 0 Å². The predicted octanol–water partition coefficient (Wildman–Crippen LogP) is 4.73. The van der Waals surface area contributed by atoms with E-state index < -0.39 is 58.5 Å². The lowest BCUT2D eigenvalue weighted by Crippen LogP contribution is -2.31. The summed E-state index contributed by atoms with van der Waals surface area (Å²) in [7, 11) is 0. The molecule has 6 N–H and O–H groups in total. The van der Waals surface area contributed by atoms with Crippen molar-refractivity contribution in [2.75, 3.05) is 30.3 Å². The highest BCUT2D eigenvalue weighted by molar-refractivity contribution is 5.91. The van der Waals surface area contributed by atoms with E-state index in [9.17, 15) is 42.2 Å². The summed E-state index contributed by atoms with van der Waals surface area (Å²) in [5.41, 5.74) is -0.698. The number of phenolic OH excluding ortho intramolecular Hbond substituents is 2. The van der Waals surface area contributed by atoms with Gasteiger partial charge < -0.3 is 36.2 Å². The SMILES string of the molecule is CCCCCNC(=O)Nc1cc(F)cc(F)c1O.CCOC(=O)CCNC(=O)Nc1cc(F)cc(F)c1O. The molecular weight excluding hydrogens is 516 g/mol. The van der Waals surface area contributed by atoms with Gasteiger partial charge in [0.1, 0.15) is 11.6 Å². The lowest BCUT2D eigenvalue weighted by molar-refractivity contribution is -0.142. The summed E-state index contributed by atoms with van der Waals surface area (Å²) in [4.78, 5) is 33.8. The minimum Gasteiger partial charge on any atom is -0.503 e. The molecule has 10 nitrogen and oxygen atoms in total. The van der Waals surface area contributed by atoms with Gasteiger partial charge in [-0.25, -0.2) is 27.2 Å². The molecule has 0 aromatic heterocycles. The van der Waals surface area contributed by atoms with Crippen molar-refractivity contribution in [3.8, 4) is 11.5 Å². The van der Waals surface area contributed by atoms with Crippen LogP contribution >= 0.6 is 0 Å². The van der Waals surface area contributed by atoms with Crippen molar-refractivity contribution in [1.29, 1.82) is 0 Å². The maximum atomic E-state index is 13.0. The fourth-order valence-electron chi connectivity index (χ4n) is 2.74. The Hall–Kier alpha value is -4.23. The number of aromatic hydroxyl groups is 2. The van der Waals surface area contributed by atoms with Crippen molar-refractivity contribution in [2.45, 2.75) is 39.5 Å². The second-order valence-electron chi connectivity index (χ2n) is 7.59. The summed E-state index contributed by atoms with van der Waals surface area (Å²) < 4.78 is 56.4. The first-order chi connectivity index (χ1) is 18.0. The molecule has 0 saturated heterocycles. The minimum atomic E-state index is -1.19. The quantitative estimate of drug-likeness (QED) is 0.110. The average Bonchev–Trinajstić information content (AvgIpc) is 2.83. The molecule has 2 aromatic rings. The van der Waals surface area contributed by atoms with Gasteiger partial charge in [0.25, 0.3) is 0 Å². The lowest BCUT2D eigenvalue weighted by Gasteiger charge is -2.09. The molecule has 0 unspecified atom stereocenters. The molecule has 0 bridgehead atoms. The maximum Gasteiger partial charge on any atom is 0.319 e. The normalized spacial score (nSPS) is 10.1. The van der Waals surface area contributed by atoms with E-state index in [1.807, 2.05) is 6.92 Å². The molecule has 0 aliphatic heterocycles. The number of phenols is 2. The molecule has 0 aliphatic carbocycles. The number of carbonyl (C=O) groups excluding carboxylic acids is 3. The predicted molar refractivity (Wildman–Crippen MR) is 131 cm³/mol. The topological polar surface area (TPSA) is 149 Å². The molecule has 0 atom stereocenters. The largest absolute Gasteiger partial charge is 0.503 e. The van der Waals surface area contributed by atoms with Gasteiger partial charge in [-0.05, 0) is 13.3 Å². The van der Waals surface area contributed by atoms with Gasteiger partial charge in [-0.2, -0.15) is 0 Å². The van der Waals surface area contributed by atoms with Gasteiger partial charge in [0.05, 0.1) is 24.4 Å². The average molecular weight is 547 g/mol. The van der Waals surface area contributed by atoms with E-state index in [-0.39, 0.29) is 25.3 Å². The van der Waals surface area contributed by atoms with E-state index in [2.05, 4.69) is 26.0 Å². The summed E-state index contributed by atoms with van der Waals surface area (Å²) in [6, 6.07) is 1.23. The maximum absolute atomic E-state index is 13.0. The number of rotatable bonds is 10. The Morgan fingerprint density at radius 2 is 1.24 bits per heavy atom. The first-order valence-electron chi connectivity index (χ1n) is 11.6. The molecular formula is C24H30F4N4O6. The Morgan fingerprint density at radius 3 is 1.68 bits per heavy atom. The summed E-state index contributed by atoms with van der Waals surface area (Å²) in [5, 5.41) is 27.7. The number of benzene rings is 2. The van der Waals surface area contributed by atoms with Crippen LogP contribution in [0.15, 0.2) is 24.3 Å². The van der Waals surface area contributed by atoms with Crippen LogP contribution in [-0.4, -0.2) is 47.9 Å². The molecule has 14 heteroatoms. The Bertz CT molecular complexity index is 1100. The summed E-state index contributed by atoms with van der Waals surface area (Å²) in [5.74, 6) is -6.24. The Kier molecular flexibility index (Phi) is 13.8. The Morgan fingerprint density at radius 1 is 0.763 bits per heavy atom. The van der Waals surface area contributed by atoms with Gasteiger partial charge in [0.2, 0.25) is 0 Å². The van der Waals surface area contributed by atoms with E-state index in [1.54, 1.807) is 6.92 Å². The second kappa shape index (κ2) is 16.5. The molecule has 2 rings (SSSR count). The third-order valence-corrected chi connectivity index (χ3v) is 4.54. The van der Waals surface area contributed by atoms with Gasteiger partial charge >= 0.3 is 18.0 Å². The number of halogens is 4. The van der Waals surface area contributed by atoms with Crippen molar-refractivity contribution in [3.05, 3.63) is 47.5 Å². The van der Waals surface area contributed by atoms with E-state index in [4.69, 9.17) is 0 Å². The van der Waals surface area contributed by atoms with Crippen molar-refractivity contribution in [1.82, 2.24) is 10.6 Å². The number of esters is 1. The minimum absolute atomic E-state index is 0.0107. The van der Waals surface area contributed by atoms with Crippen LogP contribution < -0.4 is 21.3 Å². The molecule has 0 saturated carbocycles. The third kappa shape index (κ3) is 11.7. The number of hydrogen-bond donors (Lipinski definition) is 6. The molecule has 38 heavy (non-hydrogen) atoms. The zero-order valence-electron chi connectivity index (χ0n) is 20.8. The fourth-order valence-corrected chi connectivity index (χ4v) is 2.74. The first kappa shape index (κ1) is 31.8. The van der Waals surface area contributed by atoms with Crippen LogP contribution in [0.2, 0.25) is 0 Å². The van der Waals surface area contributed by atoms with E-state index in [0.29, 0.717) is 18.7 Å². The van der Waals surface area contributed by atoms with Crippen LogP contribution in [0.4, 0.5) is 38.5 Å². The van der Waals surface area contributed by atoms with E-state index >= 15 is 0 Å². The highest BCUT2D eigenvalue weighted by Crippen LogP contribution is 2.28.